The number of allylic oxidation sites excluding steroid dienone is 1. The van der Waals surface area contributed by atoms with Crippen molar-refractivity contribution in [1.29, 1.82) is 0 Å². The first-order valence-electron chi connectivity index (χ1n) is 10.3. The lowest BCUT2D eigenvalue weighted by molar-refractivity contribution is 0.241. The van der Waals surface area contributed by atoms with E-state index in [1.807, 2.05) is 0 Å². The van der Waals surface area contributed by atoms with E-state index in [-0.39, 0.29) is 0 Å². The van der Waals surface area contributed by atoms with Crippen molar-refractivity contribution in [3.8, 4) is 0 Å². The number of nitrogens with one attached hydrogen (secondary N) is 1. The third-order valence-electron chi connectivity index (χ3n) is 6.80. The summed E-state index contributed by atoms with van der Waals surface area (Å²) in [6, 6.07) is 21.7. The topological polar surface area (TPSA) is 12.0 Å². The Morgan fingerprint density at radius 1 is 0.923 bits per heavy atom. The van der Waals surface area contributed by atoms with Crippen molar-refractivity contribution >= 4 is 5.69 Å². The van der Waals surface area contributed by atoms with Gasteiger partial charge in [0.25, 0.3) is 0 Å². The van der Waals surface area contributed by atoms with Crippen LogP contribution >= 0.6 is 0 Å². The first-order chi connectivity index (χ1) is 12.8. The van der Waals surface area contributed by atoms with Crippen LogP contribution in [0.2, 0.25) is 0 Å². The Kier molecular flexibility index (Phi) is 5.43. The van der Waals surface area contributed by atoms with Crippen LogP contribution in [-0.2, 0) is 0 Å². The van der Waals surface area contributed by atoms with Gasteiger partial charge in [0.1, 0.15) is 0 Å². The van der Waals surface area contributed by atoms with Gasteiger partial charge in [-0.15, -0.1) is 0 Å². The number of rotatable bonds is 7. The fourth-order valence-corrected chi connectivity index (χ4v) is 5.29. The summed E-state index contributed by atoms with van der Waals surface area (Å²) in [7, 11) is 0. The molecule has 136 valence electrons. The largest absolute Gasteiger partial charge is 0.378 e. The molecule has 2 aromatic carbocycles. The monoisotopic (exact) mass is 345 g/mol. The smallest absolute Gasteiger partial charge is 0.0548 e. The number of hydrogen-bond donors (Lipinski definition) is 1. The van der Waals surface area contributed by atoms with Gasteiger partial charge < -0.3 is 5.32 Å². The molecule has 5 atom stereocenters. The molecule has 1 N–H and O–H groups in total. The second kappa shape index (κ2) is 8.12. The number of para-hydroxylation sites is 1. The molecule has 0 aliphatic heterocycles. The summed E-state index contributed by atoms with van der Waals surface area (Å²) in [4.78, 5) is 0. The summed E-state index contributed by atoms with van der Waals surface area (Å²) in [6.07, 6.45) is 11.7. The Bertz CT molecular complexity index is 703. The Morgan fingerprint density at radius 3 is 2.31 bits per heavy atom. The Labute approximate surface area is 158 Å². The molecule has 4 rings (SSSR count). The molecule has 0 spiro atoms. The zero-order valence-electron chi connectivity index (χ0n) is 15.9. The number of fused-ring (bicyclic) bond motifs is 2. The highest BCUT2D eigenvalue weighted by Crippen LogP contribution is 2.53. The molecule has 2 aliphatic carbocycles. The van der Waals surface area contributed by atoms with Gasteiger partial charge in [0.05, 0.1) is 6.04 Å². The second-order valence-corrected chi connectivity index (χ2v) is 8.27. The Morgan fingerprint density at radius 2 is 1.62 bits per heavy atom. The predicted octanol–water partition coefficient (Wildman–Crippen LogP) is 6.86. The lowest BCUT2D eigenvalue weighted by atomic mass is 9.78. The van der Waals surface area contributed by atoms with E-state index < -0.39 is 0 Å². The van der Waals surface area contributed by atoms with Gasteiger partial charge in [-0.05, 0) is 73.5 Å². The van der Waals surface area contributed by atoms with E-state index in [1.165, 1.54) is 36.9 Å². The molecule has 2 aliphatic rings. The molecule has 1 nitrogen and oxygen atoms in total. The molecule has 0 radical (unpaired) electrons. The van der Waals surface area contributed by atoms with Crippen LogP contribution in [0.5, 0.6) is 0 Å². The molecule has 1 heteroatoms. The van der Waals surface area contributed by atoms with Crippen LogP contribution in [0.4, 0.5) is 5.69 Å². The number of anilines is 1. The van der Waals surface area contributed by atoms with Crippen LogP contribution in [-0.4, -0.2) is 0 Å². The standard InChI is InChI=1S/C25H31N/c1-19-21-16-17-22(18-21)24(19)14-8-9-15-25(20-10-4-2-5-11-20)26-23-12-6-3-7-13-23/h2-13,19,21-22,24-26H,14-18H2,1H3/b9-8+/t19-,21?,22?,24-,25?/m0/s1. The Hall–Kier alpha value is -2.02. The van der Waals surface area contributed by atoms with Crippen molar-refractivity contribution in [2.45, 2.75) is 45.1 Å². The maximum atomic E-state index is 3.71. The van der Waals surface area contributed by atoms with Crippen molar-refractivity contribution in [3.05, 3.63) is 78.4 Å². The summed E-state index contributed by atoms with van der Waals surface area (Å²) < 4.78 is 0. The van der Waals surface area contributed by atoms with Gasteiger partial charge in [0.15, 0.2) is 0 Å². The van der Waals surface area contributed by atoms with E-state index in [9.17, 15) is 0 Å². The molecular formula is C25H31N. The van der Waals surface area contributed by atoms with Crippen LogP contribution in [0.1, 0.15) is 50.6 Å². The molecule has 0 amide bonds. The van der Waals surface area contributed by atoms with Gasteiger partial charge in [0.2, 0.25) is 0 Å². The molecule has 0 saturated heterocycles. The minimum atomic E-state index is 0.326. The van der Waals surface area contributed by atoms with Crippen LogP contribution in [0.25, 0.3) is 0 Å². The number of benzene rings is 2. The SMILES string of the molecule is C[C@H]1C2CCC(C2)[C@H]1C/C=C/CC(Nc1ccccc1)c1ccccc1. The molecule has 0 aromatic heterocycles. The highest BCUT2D eigenvalue weighted by Gasteiger charge is 2.44. The quantitative estimate of drug-likeness (QED) is 0.541. The van der Waals surface area contributed by atoms with Gasteiger partial charge in [0, 0.05) is 5.69 Å². The van der Waals surface area contributed by atoms with E-state index in [0.717, 1.165) is 30.1 Å². The van der Waals surface area contributed by atoms with Gasteiger partial charge in [-0.3, -0.25) is 0 Å². The fourth-order valence-electron chi connectivity index (χ4n) is 5.29. The zero-order chi connectivity index (χ0) is 17.8. The average Bonchev–Trinajstić information content (AvgIpc) is 3.28. The van der Waals surface area contributed by atoms with Crippen LogP contribution in [0.3, 0.4) is 0 Å². The average molecular weight is 346 g/mol. The molecule has 2 aromatic rings. The van der Waals surface area contributed by atoms with Gasteiger partial charge in [-0.25, -0.2) is 0 Å². The van der Waals surface area contributed by atoms with E-state index in [1.54, 1.807) is 0 Å². The normalized spacial score (nSPS) is 28.5. The highest BCUT2D eigenvalue weighted by molar-refractivity contribution is 5.45. The zero-order valence-corrected chi connectivity index (χ0v) is 15.9. The molecule has 2 fully saturated rings. The van der Waals surface area contributed by atoms with Crippen LogP contribution in [0, 0.1) is 23.7 Å². The van der Waals surface area contributed by atoms with Crippen molar-refractivity contribution < 1.29 is 0 Å². The van der Waals surface area contributed by atoms with Crippen molar-refractivity contribution in [1.82, 2.24) is 0 Å². The third kappa shape index (κ3) is 3.87. The third-order valence-corrected chi connectivity index (χ3v) is 6.80. The van der Waals surface area contributed by atoms with E-state index in [0.29, 0.717) is 6.04 Å². The lowest BCUT2D eigenvalue weighted by Crippen LogP contribution is -2.19. The lowest BCUT2D eigenvalue weighted by Gasteiger charge is -2.27. The number of hydrogen-bond acceptors (Lipinski definition) is 1. The molecule has 26 heavy (non-hydrogen) atoms. The summed E-state index contributed by atoms with van der Waals surface area (Å²) >= 11 is 0. The van der Waals surface area contributed by atoms with Gasteiger partial charge in [-0.1, -0.05) is 67.6 Å². The first-order valence-corrected chi connectivity index (χ1v) is 10.3. The van der Waals surface area contributed by atoms with Crippen molar-refractivity contribution in [2.75, 3.05) is 5.32 Å². The molecule has 0 heterocycles. The summed E-state index contributed by atoms with van der Waals surface area (Å²) in [5.41, 5.74) is 2.55. The van der Waals surface area contributed by atoms with E-state index >= 15 is 0 Å². The maximum Gasteiger partial charge on any atom is 0.0548 e. The minimum absolute atomic E-state index is 0.326. The summed E-state index contributed by atoms with van der Waals surface area (Å²) in [6.45, 7) is 2.49. The van der Waals surface area contributed by atoms with Gasteiger partial charge in [-0.2, -0.15) is 0 Å². The van der Waals surface area contributed by atoms with E-state index in [4.69, 9.17) is 0 Å². The van der Waals surface area contributed by atoms with Gasteiger partial charge >= 0.3 is 0 Å². The molecular weight excluding hydrogens is 314 g/mol. The minimum Gasteiger partial charge on any atom is -0.378 e. The maximum absolute atomic E-state index is 3.71. The second-order valence-electron chi connectivity index (χ2n) is 8.27. The van der Waals surface area contributed by atoms with Crippen molar-refractivity contribution in [3.63, 3.8) is 0 Å². The summed E-state index contributed by atoms with van der Waals surface area (Å²) in [5.74, 6) is 3.90. The van der Waals surface area contributed by atoms with Crippen molar-refractivity contribution in [2.24, 2.45) is 23.7 Å². The molecule has 3 unspecified atom stereocenters. The van der Waals surface area contributed by atoms with Crippen LogP contribution in [0.15, 0.2) is 72.8 Å². The fraction of sp³-hybridized carbons (Fsp3) is 0.440. The Balaban J connectivity index is 1.38. The molecule has 2 saturated carbocycles. The first kappa shape index (κ1) is 17.4. The van der Waals surface area contributed by atoms with E-state index in [2.05, 4.69) is 85.1 Å². The summed E-state index contributed by atoms with van der Waals surface area (Å²) in [5, 5.41) is 3.71. The molecule has 2 bridgehead atoms. The van der Waals surface area contributed by atoms with Crippen LogP contribution < -0.4 is 5.32 Å². The predicted molar refractivity (Wildman–Crippen MR) is 111 cm³/mol. The highest BCUT2D eigenvalue weighted by atomic mass is 14.9.